The molecule has 1 N–H and O–H groups in total. The fourth-order valence-corrected chi connectivity index (χ4v) is 5.06. The Balaban J connectivity index is 1.64. The molecule has 1 amide bonds. The average Bonchev–Trinajstić information content (AvgIpc) is 3.36. The smallest absolute Gasteiger partial charge is 0.400 e. The van der Waals surface area contributed by atoms with Crippen molar-refractivity contribution in [1.82, 2.24) is 20.3 Å². The maximum Gasteiger partial charge on any atom is 0.489 e. The number of aromatic nitrogens is 2. The molecule has 0 spiro atoms. The molecule has 2 fully saturated rings. The first kappa shape index (κ1) is 25.2. The zero-order valence-corrected chi connectivity index (χ0v) is 18.8. The summed E-state index contributed by atoms with van der Waals surface area (Å²) in [5.41, 5.74) is -1.67. The molecule has 2 heterocycles. The zero-order chi connectivity index (χ0) is 25.8. The summed E-state index contributed by atoms with van der Waals surface area (Å²) in [6.45, 7) is 1.35. The van der Waals surface area contributed by atoms with Crippen LogP contribution in [0.15, 0.2) is 35.4 Å². The van der Waals surface area contributed by atoms with Crippen molar-refractivity contribution >= 4 is 15.7 Å². The first-order valence-corrected chi connectivity index (χ1v) is 11.9. The average molecular weight is 524 g/mol. The van der Waals surface area contributed by atoms with Gasteiger partial charge in [-0.15, -0.1) is 0 Å². The van der Waals surface area contributed by atoms with Gasteiger partial charge in [-0.2, -0.15) is 26.3 Å². The van der Waals surface area contributed by atoms with E-state index in [0.29, 0.717) is 6.42 Å². The second-order valence-corrected chi connectivity index (χ2v) is 10.5. The summed E-state index contributed by atoms with van der Waals surface area (Å²) in [4.78, 5) is 26.3. The van der Waals surface area contributed by atoms with Crippen molar-refractivity contribution < 1.29 is 44.4 Å². The van der Waals surface area contributed by atoms with Gasteiger partial charge in [-0.3, -0.25) is 4.79 Å². The van der Waals surface area contributed by atoms with Crippen LogP contribution in [0.5, 0.6) is 5.75 Å². The summed E-state index contributed by atoms with van der Waals surface area (Å²) in [5.74, 6) is -2.05. The second-order valence-electron chi connectivity index (χ2n) is 8.27. The van der Waals surface area contributed by atoms with Crippen molar-refractivity contribution in [3.63, 3.8) is 0 Å². The predicted molar refractivity (Wildman–Crippen MR) is 107 cm³/mol. The van der Waals surface area contributed by atoms with Crippen molar-refractivity contribution in [2.45, 2.75) is 36.1 Å². The molecule has 1 aromatic heterocycles. The topological polar surface area (TPSA) is 101 Å². The maximum absolute atomic E-state index is 13.2. The van der Waals surface area contributed by atoms with Crippen LogP contribution in [0.4, 0.5) is 26.3 Å². The minimum Gasteiger partial charge on any atom is -0.400 e. The van der Waals surface area contributed by atoms with Crippen LogP contribution in [-0.4, -0.2) is 54.3 Å². The standard InChI is InChI=1S/C20H18F6N4O4S/c1-2-35(32,33)12-3-4-14(34-29-20(24,25)26)13(7-12)16(31)30-9-11-8-18(11,10-30)17-27-6-5-15(28-17)19(21,22)23/h3-7,11,29H,2,8-10H2,1H3. The summed E-state index contributed by atoms with van der Waals surface area (Å²) in [6.07, 6.45) is -8.22. The van der Waals surface area contributed by atoms with Gasteiger partial charge in [0.05, 0.1) is 21.6 Å². The van der Waals surface area contributed by atoms with Crippen LogP contribution in [0.2, 0.25) is 0 Å². The van der Waals surface area contributed by atoms with Gasteiger partial charge in [0, 0.05) is 19.3 Å². The van der Waals surface area contributed by atoms with Crippen molar-refractivity contribution in [1.29, 1.82) is 0 Å². The van der Waals surface area contributed by atoms with Gasteiger partial charge >= 0.3 is 12.5 Å². The Morgan fingerprint density at radius 2 is 1.94 bits per heavy atom. The molecule has 1 saturated heterocycles. The van der Waals surface area contributed by atoms with Gasteiger partial charge < -0.3 is 9.74 Å². The summed E-state index contributed by atoms with van der Waals surface area (Å²) >= 11 is 0. The SMILES string of the molecule is CCS(=O)(=O)c1ccc(ONC(F)(F)F)c(C(=O)N2CC3CC3(c3nccc(C(F)(F)F)n3)C2)c1. The second kappa shape index (κ2) is 8.33. The first-order chi connectivity index (χ1) is 16.2. The fraction of sp³-hybridized carbons (Fsp3) is 0.450. The number of likely N-dealkylation sites (tertiary alicyclic amines) is 1. The van der Waals surface area contributed by atoms with Crippen molar-refractivity contribution in [3.05, 3.63) is 47.5 Å². The van der Waals surface area contributed by atoms with Crippen LogP contribution >= 0.6 is 0 Å². The van der Waals surface area contributed by atoms with E-state index in [2.05, 4.69) is 14.8 Å². The third-order valence-electron chi connectivity index (χ3n) is 6.02. The predicted octanol–water partition coefficient (Wildman–Crippen LogP) is 3.11. The first-order valence-electron chi connectivity index (χ1n) is 10.2. The van der Waals surface area contributed by atoms with E-state index in [1.807, 2.05) is 0 Å². The van der Waals surface area contributed by atoms with Crippen LogP contribution in [0, 0.1) is 5.92 Å². The maximum atomic E-state index is 13.2. The molecular formula is C20H18F6N4O4S. The molecule has 8 nitrogen and oxygen atoms in total. The number of benzene rings is 1. The van der Waals surface area contributed by atoms with Gasteiger partial charge in [0.1, 0.15) is 11.5 Å². The molecule has 4 rings (SSSR count). The number of amides is 1. The van der Waals surface area contributed by atoms with E-state index >= 15 is 0 Å². The van der Waals surface area contributed by atoms with Gasteiger partial charge in [-0.25, -0.2) is 18.4 Å². The summed E-state index contributed by atoms with van der Waals surface area (Å²) < 4.78 is 102. The lowest BCUT2D eigenvalue weighted by atomic mass is 10.1. The van der Waals surface area contributed by atoms with E-state index in [1.54, 1.807) is 0 Å². The Morgan fingerprint density at radius 3 is 2.57 bits per heavy atom. The fourth-order valence-electron chi connectivity index (χ4n) is 4.15. The number of nitrogens with zero attached hydrogens (tertiary/aromatic N) is 3. The van der Waals surface area contributed by atoms with E-state index in [9.17, 15) is 39.6 Å². The Hall–Kier alpha value is -2.94. The number of piperidine rings is 1. The number of rotatable bonds is 6. The Kier molecular flexibility index (Phi) is 5.99. The molecule has 0 radical (unpaired) electrons. The number of halogens is 6. The third-order valence-corrected chi connectivity index (χ3v) is 7.75. The van der Waals surface area contributed by atoms with Gasteiger partial charge in [0.15, 0.2) is 15.6 Å². The monoisotopic (exact) mass is 524 g/mol. The molecule has 2 aromatic rings. The van der Waals surface area contributed by atoms with E-state index in [-0.39, 0.29) is 35.5 Å². The van der Waals surface area contributed by atoms with Gasteiger partial charge in [0.25, 0.3) is 5.91 Å². The van der Waals surface area contributed by atoms with E-state index in [4.69, 9.17) is 0 Å². The summed E-state index contributed by atoms with van der Waals surface area (Å²) in [6, 6.07) is 3.59. The van der Waals surface area contributed by atoms with Crippen LogP contribution < -0.4 is 10.3 Å². The Labute approximate surface area is 195 Å². The summed E-state index contributed by atoms with van der Waals surface area (Å²) in [5, 5.41) is 0. The van der Waals surface area contributed by atoms with Crippen LogP contribution in [0.25, 0.3) is 0 Å². The number of alkyl halides is 6. The minimum absolute atomic E-state index is 0.0786. The molecule has 2 unspecified atom stereocenters. The molecule has 190 valence electrons. The van der Waals surface area contributed by atoms with Crippen LogP contribution in [-0.2, 0) is 21.4 Å². The van der Waals surface area contributed by atoms with Gasteiger partial charge in [-0.1, -0.05) is 12.4 Å². The van der Waals surface area contributed by atoms with Crippen LogP contribution in [0.3, 0.4) is 0 Å². The number of carbonyl (C=O) groups is 1. The molecular weight excluding hydrogens is 506 g/mol. The number of sulfone groups is 1. The lowest BCUT2D eigenvalue weighted by Gasteiger charge is -2.22. The number of hydroxylamine groups is 1. The quantitative estimate of drug-likeness (QED) is 0.352. The minimum atomic E-state index is -4.95. The molecule has 35 heavy (non-hydrogen) atoms. The van der Waals surface area contributed by atoms with E-state index in [0.717, 1.165) is 35.9 Å². The Bertz CT molecular complexity index is 1270. The normalized spacial score (nSPS) is 22.1. The molecule has 1 aliphatic carbocycles. The number of nitrogens with one attached hydrogen (secondary N) is 1. The third kappa shape index (κ3) is 4.91. The number of fused-ring (bicyclic) bond motifs is 1. The van der Waals surface area contributed by atoms with E-state index in [1.165, 1.54) is 11.8 Å². The lowest BCUT2D eigenvalue weighted by Crippen LogP contribution is -2.37. The number of hydrogen-bond donors (Lipinski definition) is 1. The molecule has 1 aliphatic heterocycles. The highest BCUT2D eigenvalue weighted by atomic mass is 32.2. The Morgan fingerprint density at radius 1 is 1.23 bits per heavy atom. The van der Waals surface area contributed by atoms with E-state index < -0.39 is 50.6 Å². The lowest BCUT2D eigenvalue weighted by molar-refractivity contribution is -0.210. The van der Waals surface area contributed by atoms with Gasteiger partial charge in [0.2, 0.25) is 0 Å². The highest BCUT2D eigenvalue weighted by Crippen LogP contribution is 2.58. The zero-order valence-electron chi connectivity index (χ0n) is 17.9. The largest absolute Gasteiger partial charge is 0.489 e. The highest BCUT2D eigenvalue weighted by Gasteiger charge is 2.64. The number of carbonyl (C=O) groups excluding carboxylic acids is 1. The van der Waals surface area contributed by atoms with Crippen molar-refractivity contribution in [3.8, 4) is 5.75 Å². The molecule has 1 aromatic carbocycles. The number of hydrogen-bond acceptors (Lipinski definition) is 7. The molecule has 0 bridgehead atoms. The molecule has 15 heteroatoms. The molecule has 2 atom stereocenters. The highest BCUT2D eigenvalue weighted by molar-refractivity contribution is 7.91. The van der Waals surface area contributed by atoms with Crippen molar-refractivity contribution in [2.24, 2.45) is 5.92 Å². The van der Waals surface area contributed by atoms with Gasteiger partial charge in [-0.05, 0) is 36.6 Å². The molecule has 1 saturated carbocycles. The van der Waals surface area contributed by atoms with Crippen molar-refractivity contribution in [2.75, 3.05) is 18.8 Å². The summed E-state index contributed by atoms with van der Waals surface area (Å²) in [7, 11) is -3.81. The van der Waals surface area contributed by atoms with Crippen LogP contribution in [0.1, 0.15) is 35.2 Å². The molecule has 2 aliphatic rings.